The lowest BCUT2D eigenvalue weighted by molar-refractivity contribution is -0.117. The lowest BCUT2D eigenvalue weighted by Gasteiger charge is -2.27. The molecule has 2 heterocycles. The van der Waals surface area contributed by atoms with Gasteiger partial charge in [0.05, 0.1) is 27.9 Å². The van der Waals surface area contributed by atoms with Crippen molar-refractivity contribution in [2.45, 2.75) is 13.0 Å². The summed E-state index contributed by atoms with van der Waals surface area (Å²) in [5, 5.41) is 11.5. The highest BCUT2D eigenvalue weighted by atomic mass is 32.1. The standard InChI is InChI=1S/C27H18F2N2O3S/c1-15-25(35-26(30-15)17-10-6-3-7-11-17)23(32)21-22(16-8-4-2-5-9-16)31(27(34)24(21)33)20-13-12-18(28)14-19(20)29/h2-14,22,33H,1H3. The van der Waals surface area contributed by atoms with Gasteiger partial charge in [0.2, 0.25) is 5.78 Å². The third-order valence-electron chi connectivity index (χ3n) is 5.76. The van der Waals surface area contributed by atoms with Crippen LogP contribution in [0.1, 0.15) is 27.0 Å². The van der Waals surface area contributed by atoms with E-state index in [2.05, 4.69) is 4.98 Å². The monoisotopic (exact) mass is 488 g/mol. The second-order valence-electron chi connectivity index (χ2n) is 7.98. The van der Waals surface area contributed by atoms with Crippen molar-refractivity contribution in [1.29, 1.82) is 0 Å². The molecule has 0 saturated heterocycles. The maximum Gasteiger partial charge on any atom is 0.294 e. The number of ketones is 1. The van der Waals surface area contributed by atoms with Crippen molar-refractivity contribution in [2.75, 3.05) is 4.90 Å². The zero-order chi connectivity index (χ0) is 24.7. The van der Waals surface area contributed by atoms with Gasteiger partial charge in [0.15, 0.2) is 5.76 Å². The van der Waals surface area contributed by atoms with Crippen LogP contribution in [0.2, 0.25) is 0 Å². The highest BCUT2D eigenvalue weighted by Gasteiger charge is 2.46. The Morgan fingerprint density at radius 1 is 1.00 bits per heavy atom. The van der Waals surface area contributed by atoms with E-state index < -0.39 is 35.1 Å². The summed E-state index contributed by atoms with van der Waals surface area (Å²) in [5.41, 5.74) is 1.34. The van der Waals surface area contributed by atoms with Crippen LogP contribution in [-0.4, -0.2) is 21.8 Å². The number of thiazole rings is 1. The number of carbonyl (C=O) groups is 2. The highest BCUT2D eigenvalue weighted by molar-refractivity contribution is 7.17. The molecule has 1 aliphatic rings. The molecule has 1 N–H and O–H groups in total. The number of aromatic nitrogens is 1. The van der Waals surface area contributed by atoms with Crippen molar-refractivity contribution in [3.63, 3.8) is 0 Å². The summed E-state index contributed by atoms with van der Waals surface area (Å²) in [4.78, 5) is 32.7. The summed E-state index contributed by atoms with van der Waals surface area (Å²) in [6.07, 6.45) is 0. The molecule has 4 aromatic rings. The molecule has 1 aromatic heterocycles. The molecular formula is C27H18F2N2O3S. The summed E-state index contributed by atoms with van der Waals surface area (Å²) in [5.74, 6) is -4.09. The van der Waals surface area contributed by atoms with Crippen LogP contribution in [-0.2, 0) is 4.79 Å². The third-order valence-corrected chi connectivity index (χ3v) is 6.97. The van der Waals surface area contributed by atoms with Gasteiger partial charge >= 0.3 is 0 Å². The summed E-state index contributed by atoms with van der Waals surface area (Å²) < 4.78 is 28.3. The van der Waals surface area contributed by atoms with Gasteiger partial charge in [-0.3, -0.25) is 14.5 Å². The first-order valence-electron chi connectivity index (χ1n) is 10.7. The van der Waals surface area contributed by atoms with Gasteiger partial charge in [-0.05, 0) is 24.6 Å². The number of carbonyl (C=O) groups excluding carboxylic acids is 2. The zero-order valence-corrected chi connectivity index (χ0v) is 19.2. The van der Waals surface area contributed by atoms with Crippen LogP contribution in [0.4, 0.5) is 14.5 Å². The molecule has 174 valence electrons. The van der Waals surface area contributed by atoms with E-state index in [1.54, 1.807) is 37.3 Å². The SMILES string of the molecule is Cc1nc(-c2ccccc2)sc1C(=O)C1=C(O)C(=O)N(c2ccc(F)cc2F)C1c1ccccc1. The summed E-state index contributed by atoms with van der Waals surface area (Å²) >= 11 is 1.15. The number of amides is 1. The number of benzene rings is 3. The van der Waals surface area contributed by atoms with Crippen LogP contribution in [0.25, 0.3) is 10.6 Å². The molecule has 1 atom stereocenters. The van der Waals surface area contributed by atoms with Gasteiger partial charge in [-0.15, -0.1) is 11.3 Å². The van der Waals surface area contributed by atoms with Gasteiger partial charge in [-0.25, -0.2) is 13.8 Å². The van der Waals surface area contributed by atoms with E-state index in [0.717, 1.165) is 33.9 Å². The smallest absolute Gasteiger partial charge is 0.294 e. The quantitative estimate of drug-likeness (QED) is 0.341. The average molecular weight is 489 g/mol. The van der Waals surface area contributed by atoms with E-state index >= 15 is 0 Å². The number of nitrogens with zero attached hydrogens (tertiary/aromatic N) is 2. The second kappa shape index (κ2) is 8.88. The molecule has 5 rings (SSSR count). The van der Waals surface area contributed by atoms with Crippen molar-refractivity contribution in [3.05, 3.63) is 118 Å². The minimum atomic E-state index is -1.11. The molecule has 0 spiro atoms. The molecule has 0 saturated carbocycles. The van der Waals surface area contributed by atoms with Crippen molar-refractivity contribution in [2.24, 2.45) is 0 Å². The fourth-order valence-electron chi connectivity index (χ4n) is 4.15. The molecule has 1 amide bonds. The lowest BCUT2D eigenvalue weighted by Crippen LogP contribution is -2.31. The largest absolute Gasteiger partial charge is 0.503 e. The predicted octanol–water partition coefficient (Wildman–Crippen LogP) is 6.18. The Kier molecular flexibility index (Phi) is 5.74. The fraction of sp³-hybridized carbons (Fsp3) is 0.0741. The molecule has 0 bridgehead atoms. The normalized spacial score (nSPS) is 15.7. The fourth-order valence-corrected chi connectivity index (χ4v) is 5.17. The van der Waals surface area contributed by atoms with Gasteiger partial charge in [0.25, 0.3) is 5.91 Å². The van der Waals surface area contributed by atoms with Gasteiger partial charge in [0.1, 0.15) is 16.6 Å². The highest BCUT2D eigenvalue weighted by Crippen LogP contribution is 2.44. The molecule has 1 unspecified atom stereocenters. The molecule has 0 radical (unpaired) electrons. The van der Waals surface area contributed by atoms with Crippen LogP contribution in [0.5, 0.6) is 0 Å². The number of halogens is 2. The summed E-state index contributed by atoms with van der Waals surface area (Å²) in [7, 11) is 0. The van der Waals surface area contributed by atoms with Crippen LogP contribution in [0.15, 0.2) is 90.2 Å². The molecule has 35 heavy (non-hydrogen) atoms. The summed E-state index contributed by atoms with van der Waals surface area (Å²) in [6, 6.07) is 19.5. The Bertz CT molecular complexity index is 1480. The first-order chi connectivity index (χ1) is 16.9. The third kappa shape index (κ3) is 3.91. The van der Waals surface area contributed by atoms with Crippen molar-refractivity contribution in [1.82, 2.24) is 4.98 Å². The molecule has 3 aromatic carbocycles. The number of aliphatic hydroxyl groups is 1. The molecule has 1 aliphatic heterocycles. The zero-order valence-electron chi connectivity index (χ0n) is 18.4. The van der Waals surface area contributed by atoms with E-state index in [1.807, 2.05) is 30.3 Å². The van der Waals surface area contributed by atoms with Crippen molar-refractivity contribution in [3.8, 4) is 10.6 Å². The van der Waals surface area contributed by atoms with E-state index in [4.69, 9.17) is 0 Å². The molecule has 8 heteroatoms. The Morgan fingerprint density at radius 2 is 1.66 bits per heavy atom. The number of rotatable bonds is 5. The molecule has 0 fully saturated rings. The first-order valence-corrected chi connectivity index (χ1v) is 11.5. The number of anilines is 1. The minimum absolute atomic E-state index is 0.184. The molecular weight excluding hydrogens is 470 g/mol. The Labute approximate surface area is 203 Å². The topological polar surface area (TPSA) is 70.5 Å². The molecule has 0 aliphatic carbocycles. The lowest BCUT2D eigenvalue weighted by atomic mass is 9.95. The van der Waals surface area contributed by atoms with E-state index in [1.165, 1.54) is 0 Å². The van der Waals surface area contributed by atoms with Gasteiger partial charge < -0.3 is 5.11 Å². The van der Waals surface area contributed by atoms with Crippen molar-refractivity contribution < 1.29 is 23.5 Å². The van der Waals surface area contributed by atoms with E-state index in [9.17, 15) is 23.5 Å². The number of Topliss-reactive ketones (excluding diaryl/α,β-unsaturated/α-hetero) is 1. The number of hydrogen-bond acceptors (Lipinski definition) is 5. The number of aliphatic hydroxyl groups excluding tert-OH is 1. The summed E-state index contributed by atoms with van der Waals surface area (Å²) in [6.45, 7) is 1.68. The van der Waals surface area contributed by atoms with Crippen molar-refractivity contribution >= 4 is 28.7 Å². The van der Waals surface area contributed by atoms with Gasteiger partial charge in [-0.1, -0.05) is 60.7 Å². The van der Waals surface area contributed by atoms with Crippen LogP contribution in [0.3, 0.4) is 0 Å². The number of hydrogen-bond donors (Lipinski definition) is 1. The maximum atomic E-state index is 14.8. The van der Waals surface area contributed by atoms with E-state index in [0.29, 0.717) is 22.3 Å². The van der Waals surface area contributed by atoms with Crippen LogP contribution < -0.4 is 4.90 Å². The predicted molar refractivity (Wildman–Crippen MR) is 129 cm³/mol. The van der Waals surface area contributed by atoms with E-state index in [-0.39, 0.29) is 16.1 Å². The maximum absolute atomic E-state index is 14.8. The van der Waals surface area contributed by atoms with Gasteiger partial charge in [-0.2, -0.15) is 0 Å². The molecule has 5 nitrogen and oxygen atoms in total. The Hall–Kier alpha value is -4.17. The van der Waals surface area contributed by atoms with Gasteiger partial charge in [0, 0.05) is 11.6 Å². The van der Waals surface area contributed by atoms with Crippen LogP contribution >= 0.6 is 11.3 Å². The minimum Gasteiger partial charge on any atom is -0.503 e. The number of aryl methyl sites for hydroxylation is 1. The van der Waals surface area contributed by atoms with Crippen LogP contribution in [0, 0.1) is 18.6 Å². The Balaban J connectivity index is 1.64. The average Bonchev–Trinajstić information content (AvgIpc) is 3.37. The second-order valence-corrected chi connectivity index (χ2v) is 8.97. The Morgan fingerprint density at radius 3 is 2.31 bits per heavy atom. The first kappa shape index (κ1) is 22.6.